The van der Waals surface area contributed by atoms with Crippen molar-refractivity contribution < 1.29 is 13.2 Å². The lowest BCUT2D eigenvalue weighted by Crippen LogP contribution is -2.32. The van der Waals surface area contributed by atoms with Crippen LogP contribution in [0, 0.1) is 6.92 Å². The van der Waals surface area contributed by atoms with Crippen molar-refractivity contribution in [2.45, 2.75) is 25.8 Å². The Morgan fingerprint density at radius 3 is 2.84 bits per heavy atom. The van der Waals surface area contributed by atoms with Gasteiger partial charge in [0.05, 0.1) is 18.6 Å². The van der Waals surface area contributed by atoms with Gasteiger partial charge in [-0.2, -0.15) is 0 Å². The number of ether oxygens (including phenoxy) is 1. The Bertz CT molecular complexity index is 537. The van der Waals surface area contributed by atoms with Crippen molar-refractivity contribution in [3.8, 4) is 5.75 Å². The molecular weight excluding hydrogens is 264 g/mol. The molecule has 0 aliphatic carbocycles. The van der Waals surface area contributed by atoms with Gasteiger partial charge in [0, 0.05) is 6.04 Å². The van der Waals surface area contributed by atoms with Gasteiger partial charge >= 0.3 is 0 Å². The maximum atomic E-state index is 12.1. The van der Waals surface area contributed by atoms with Gasteiger partial charge < -0.3 is 10.1 Å². The SMILES string of the molecule is COc1ccc(NS(=O)(=O)CC2CCCN2)c(C)c1. The molecule has 0 radical (unpaired) electrons. The van der Waals surface area contributed by atoms with Gasteiger partial charge in [-0.15, -0.1) is 0 Å². The molecule has 106 valence electrons. The van der Waals surface area contributed by atoms with Crippen molar-refractivity contribution in [1.82, 2.24) is 5.32 Å². The van der Waals surface area contributed by atoms with Crippen LogP contribution < -0.4 is 14.8 Å². The van der Waals surface area contributed by atoms with Crippen LogP contribution in [-0.4, -0.2) is 33.9 Å². The summed E-state index contributed by atoms with van der Waals surface area (Å²) in [6, 6.07) is 5.36. The van der Waals surface area contributed by atoms with Crippen LogP contribution in [0.2, 0.25) is 0 Å². The van der Waals surface area contributed by atoms with Crippen LogP contribution in [0.5, 0.6) is 5.75 Å². The molecule has 1 saturated heterocycles. The topological polar surface area (TPSA) is 67.4 Å². The highest BCUT2D eigenvalue weighted by Gasteiger charge is 2.22. The van der Waals surface area contributed by atoms with E-state index in [-0.39, 0.29) is 11.8 Å². The van der Waals surface area contributed by atoms with Gasteiger partial charge in [0.15, 0.2) is 0 Å². The molecule has 5 nitrogen and oxygen atoms in total. The van der Waals surface area contributed by atoms with Crippen molar-refractivity contribution in [3.05, 3.63) is 23.8 Å². The summed E-state index contributed by atoms with van der Waals surface area (Å²) in [7, 11) is -1.73. The van der Waals surface area contributed by atoms with Gasteiger partial charge in [0.25, 0.3) is 0 Å². The number of aryl methyl sites for hydroxylation is 1. The lowest BCUT2D eigenvalue weighted by molar-refractivity contribution is 0.414. The third-order valence-corrected chi connectivity index (χ3v) is 4.65. The summed E-state index contributed by atoms with van der Waals surface area (Å²) < 4.78 is 31.9. The number of hydrogen-bond acceptors (Lipinski definition) is 4. The molecule has 1 atom stereocenters. The fourth-order valence-electron chi connectivity index (χ4n) is 2.25. The van der Waals surface area contributed by atoms with Gasteiger partial charge in [-0.05, 0) is 50.1 Å². The van der Waals surface area contributed by atoms with E-state index in [0.717, 1.165) is 30.7 Å². The number of hydrogen-bond donors (Lipinski definition) is 2. The highest BCUT2D eigenvalue weighted by atomic mass is 32.2. The summed E-state index contributed by atoms with van der Waals surface area (Å²) in [6.45, 7) is 2.76. The molecule has 1 unspecified atom stereocenters. The van der Waals surface area contributed by atoms with Crippen molar-refractivity contribution in [1.29, 1.82) is 0 Å². The first-order valence-corrected chi connectivity index (χ1v) is 8.04. The second-order valence-electron chi connectivity index (χ2n) is 4.86. The maximum absolute atomic E-state index is 12.1. The third kappa shape index (κ3) is 3.84. The first-order chi connectivity index (χ1) is 9.00. The van der Waals surface area contributed by atoms with Gasteiger partial charge in [0.2, 0.25) is 10.0 Å². The minimum absolute atomic E-state index is 0.0658. The fourth-order valence-corrected chi connectivity index (χ4v) is 3.71. The molecule has 19 heavy (non-hydrogen) atoms. The molecule has 6 heteroatoms. The van der Waals surface area contributed by atoms with Crippen LogP contribution >= 0.6 is 0 Å². The maximum Gasteiger partial charge on any atom is 0.234 e. The number of rotatable bonds is 5. The lowest BCUT2D eigenvalue weighted by atomic mass is 10.2. The normalized spacial score (nSPS) is 19.4. The predicted molar refractivity (Wildman–Crippen MR) is 76.2 cm³/mol. The van der Waals surface area contributed by atoms with Crippen molar-refractivity contribution in [2.75, 3.05) is 24.1 Å². The smallest absolute Gasteiger partial charge is 0.234 e. The van der Waals surface area contributed by atoms with E-state index in [1.165, 1.54) is 0 Å². The number of sulfonamides is 1. The molecule has 1 aromatic rings. The second kappa shape index (κ2) is 5.79. The summed E-state index contributed by atoms with van der Waals surface area (Å²) in [4.78, 5) is 0. The number of nitrogens with one attached hydrogen (secondary N) is 2. The molecule has 2 rings (SSSR count). The summed E-state index contributed by atoms with van der Waals surface area (Å²) in [5, 5.41) is 3.19. The highest BCUT2D eigenvalue weighted by Crippen LogP contribution is 2.22. The molecule has 1 aromatic carbocycles. The first kappa shape index (κ1) is 14.1. The second-order valence-corrected chi connectivity index (χ2v) is 6.62. The van der Waals surface area contributed by atoms with Gasteiger partial charge in [-0.3, -0.25) is 4.72 Å². The Hall–Kier alpha value is -1.27. The predicted octanol–water partition coefficient (Wildman–Crippen LogP) is 1.50. The van der Waals surface area contributed by atoms with E-state index in [1.807, 2.05) is 13.0 Å². The molecule has 0 saturated carbocycles. The molecule has 0 aromatic heterocycles. The average Bonchev–Trinajstić information content (AvgIpc) is 2.83. The van der Waals surface area contributed by atoms with Gasteiger partial charge in [-0.1, -0.05) is 0 Å². The summed E-state index contributed by atoms with van der Waals surface area (Å²) >= 11 is 0. The highest BCUT2D eigenvalue weighted by molar-refractivity contribution is 7.92. The van der Waals surface area contributed by atoms with Crippen molar-refractivity contribution >= 4 is 15.7 Å². The summed E-state index contributed by atoms with van der Waals surface area (Å²) in [5.41, 5.74) is 1.46. The van der Waals surface area contributed by atoms with Crippen LogP contribution in [0.4, 0.5) is 5.69 Å². The molecule has 0 amide bonds. The van der Waals surface area contributed by atoms with E-state index < -0.39 is 10.0 Å². The number of methoxy groups -OCH3 is 1. The molecule has 1 aliphatic rings. The molecule has 0 bridgehead atoms. The van der Waals surface area contributed by atoms with Crippen LogP contribution in [0.3, 0.4) is 0 Å². The number of anilines is 1. The molecule has 0 spiro atoms. The largest absolute Gasteiger partial charge is 0.497 e. The first-order valence-electron chi connectivity index (χ1n) is 6.39. The van der Waals surface area contributed by atoms with Gasteiger partial charge in [0.1, 0.15) is 5.75 Å². The standard InChI is InChI=1S/C13H20N2O3S/c1-10-8-12(18-2)5-6-13(10)15-19(16,17)9-11-4-3-7-14-11/h5-6,8,11,14-15H,3-4,7,9H2,1-2H3. The minimum atomic E-state index is -3.31. The molecule has 1 heterocycles. The monoisotopic (exact) mass is 284 g/mol. The van der Waals surface area contributed by atoms with Gasteiger partial charge in [-0.25, -0.2) is 8.42 Å². The average molecular weight is 284 g/mol. The van der Waals surface area contributed by atoms with E-state index in [0.29, 0.717) is 5.69 Å². The summed E-state index contributed by atoms with van der Waals surface area (Å²) in [5.74, 6) is 0.844. The Morgan fingerprint density at radius 1 is 1.47 bits per heavy atom. The van der Waals surface area contributed by atoms with Crippen LogP contribution in [-0.2, 0) is 10.0 Å². The quantitative estimate of drug-likeness (QED) is 0.860. The third-order valence-electron chi connectivity index (χ3n) is 3.28. The van der Waals surface area contributed by atoms with E-state index in [1.54, 1.807) is 19.2 Å². The zero-order chi connectivity index (χ0) is 13.9. The molecule has 1 fully saturated rings. The van der Waals surface area contributed by atoms with Crippen LogP contribution in [0.15, 0.2) is 18.2 Å². The Kier molecular flexibility index (Phi) is 4.31. The Morgan fingerprint density at radius 2 is 2.26 bits per heavy atom. The van der Waals surface area contributed by atoms with Crippen molar-refractivity contribution in [3.63, 3.8) is 0 Å². The zero-order valence-electron chi connectivity index (χ0n) is 11.3. The Labute approximate surface area is 114 Å². The van der Waals surface area contributed by atoms with E-state index in [2.05, 4.69) is 10.0 Å². The zero-order valence-corrected chi connectivity index (χ0v) is 12.1. The van der Waals surface area contributed by atoms with Crippen LogP contribution in [0.1, 0.15) is 18.4 Å². The lowest BCUT2D eigenvalue weighted by Gasteiger charge is -2.14. The number of benzene rings is 1. The fraction of sp³-hybridized carbons (Fsp3) is 0.538. The van der Waals surface area contributed by atoms with E-state index >= 15 is 0 Å². The molecule has 2 N–H and O–H groups in total. The Balaban J connectivity index is 2.06. The van der Waals surface area contributed by atoms with E-state index in [9.17, 15) is 8.42 Å². The summed E-state index contributed by atoms with van der Waals surface area (Å²) in [6.07, 6.45) is 1.96. The van der Waals surface area contributed by atoms with Crippen LogP contribution in [0.25, 0.3) is 0 Å². The minimum Gasteiger partial charge on any atom is -0.497 e. The van der Waals surface area contributed by atoms with E-state index in [4.69, 9.17) is 4.74 Å². The molecular formula is C13H20N2O3S. The van der Waals surface area contributed by atoms with Crippen molar-refractivity contribution in [2.24, 2.45) is 0 Å². The molecule has 1 aliphatic heterocycles.